The molecule has 0 aromatic heterocycles. The van der Waals surface area contributed by atoms with Crippen molar-refractivity contribution >= 4 is 17.3 Å². The van der Waals surface area contributed by atoms with Crippen molar-refractivity contribution in [2.75, 3.05) is 24.2 Å². The summed E-state index contributed by atoms with van der Waals surface area (Å²) in [6.07, 6.45) is 0. The van der Waals surface area contributed by atoms with Gasteiger partial charge in [-0.3, -0.25) is 4.79 Å². The fourth-order valence-electron chi connectivity index (χ4n) is 4.40. The minimum Gasteiger partial charge on any atom is -0.454 e. The van der Waals surface area contributed by atoms with Crippen molar-refractivity contribution in [1.82, 2.24) is 0 Å². The van der Waals surface area contributed by atoms with E-state index >= 15 is 0 Å². The zero-order chi connectivity index (χ0) is 23.7. The Kier molecular flexibility index (Phi) is 5.15. The summed E-state index contributed by atoms with van der Waals surface area (Å²) < 4.78 is 21.9. The molecule has 4 aromatic carbocycles. The van der Waals surface area contributed by atoms with Crippen LogP contribution in [0.25, 0.3) is 0 Å². The maximum atomic E-state index is 14.3. The number of amides is 1. The average Bonchev–Trinajstić information content (AvgIpc) is 3.57. The lowest BCUT2D eigenvalue weighted by atomic mass is 9.81. The van der Waals surface area contributed by atoms with E-state index in [0.29, 0.717) is 34.4 Å². The summed E-state index contributed by atoms with van der Waals surface area (Å²) in [5.74, 6) is 2.29. The number of ether oxygens (including phenoxy) is 4. The van der Waals surface area contributed by atoms with Gasteiger partial charge in [0, 0.05) is 23.5 Å². The van der Waals surface area contributed by atoms with Crippen LogP contribution < -0.4 is 29.6 Å². The Hall–Kier alpha value is -4.65. The van der Waals surface area contributed by atoms with Gasteiger partial charge in [-0.05, 0) is 35.4 Å². The summed E-state index contributed by atoms with van der Waals surface area (Å²) in [5.41, 5.74) is 1.61. The maximum Gasteiger partial charge on any atom is 0.259 e. The monoisotopic (exact) mass is 466 g/mol. The molecule has 6 rings (SSSR count). The lowest BCUT2D eigenvalue weighted by molar-refractivity contribution is -0.119. The molecule has 2 aliphatic rings. The Morgan fingerprint density at radius 1 is 0.600 bits per heavy atom. The van der Waals surface area contributed by atoms with Crippen LogP contribution in [0.15, 0.2) is 97.1 Å². The van der Waals surface area contributed by atoms with E-state index in [1.54, 1.807) is 18.2 Å². The molecule has 0 radical (unpaired) electrons. The number of hydrogen-bond acceptors (Lipinski definition) is 6. The standard InChI is InChI=1S/C28H22N2O5/c31-27(29-21-11-13-23-25(15-21)34-17-32-23)28(19-7-3-1-4-8-19,20-9-5-2-6-10-20)30-22-12-14-24-26(16-22)35-18-33-24/h1-16,30H,17-18H2,(H,29,31). The van der Waals surface area contributed by atoms with E-state index < -0.39 is 5.54 Å². The first kappa shape index (κ1) is 20.9. The molecule has 0 saturated heterocycles. The molecule has 7 heteroatoms. The zero-order valence-electron chi connectivity index (χ0n) is 18.7. The molecule has 2 heterocycles. The average molecular weight is 466 g/mol. The number of benzene rings is 4. The number of carbonyl (C=O) groups excluding carboxylic acids is 1. The van der Waals surface area contributed by atoms with Gasteiger partial charge < -0.3 is 29.6 Å². The molecule has 2 N–H and O–H groups in total. The highest BCUT2D eigenvalue weighted by Gasteiger charge is 2.42. The van der Waals surface area contributed by atoms with Gasteiger partial charge in [0.2, 0.25) is 13.6 Å². The van der Waals surface area contributed by atoms with Gasteiger partial charge in [0.15, 0.2) is 28.5 Å². The van der Waals surface area contributed by atoms with Gasteiger partial charge in [0.05, 0.1) is 0 Å². The third-order valence-electron chi connectivity index (χ3n) is 6.09. The Balaban J connectivity index is 1.47. The Morgan fingerprint density at radius 2 is 1.09 bits per heavy atom. The highest BCUT2D eigenvalue weighted by Crippen LogP contribution is 2.40. The van der Waals surface area contributed by atoms with Gasteiger partial charge in [0.25, 0.3) is 5.91 Å². The quantitative estimate of drug-likeness (QED) is 0.410. The van der Waals surface area contributed by atoms with E-state index in [9.17, 15) is 4.79 Å². The van der Waals surface area contributed by atoms with Crippen LogP contribution >= 0.6 is 0 Å². The second kappa shape index (κ2) is 8.61. The molecule has 0 unspecified atom stereocenters. The molecule has 35 heavy (non-hydrogen) atoms. The number of fused-ring (bicyclic) bond motifs is 2. The fourth-order valence-corrected chi connectivity index (χ4v) is 4.40. The molecule has 2 aliphatic heterocycles. The molecule has 0 spiro atoms. The van der Waals surface area contributed by atoms with Crippen LogP contribution in [0.3, 0.4) is 0 Å². The number of anilines is 2. The first-order chi connectivity index (χ1) is 17.2. The third-order valence-corrected chi connectivity index (χ3v) is 6.09. The molecule has 0 fully saturated rings. The van der Waals surface area contributed by atoms with Gasteiger partial charge in [0.1, 0.15) is 0 Å². The molecular weight excluding hydrogens is 444 g/mol. The van der Waals surface area contributed by atoms with Crippen molar-refractivity contribution in [3.63, 3.8) is 0 Å². The van der Waals surface area contributed by atoms with Crippen molar-refractivity contribution in [3.8, 4) is 23.0 Å². The summed E-state index contributed by atoms with van der Waals surface area (Å²) in [7, 11) is 0. The predicted octanol–water partition coefficient (Wildman–Crippen LogP) is 5.14. The molecule has 0 atom stereocenters. The molecule has 4 aromatic rings. The molecule has 0 aliphatic carbocycles. The van der Waals surface area contributed by atoms with Gasteiger partial charge in [-0.1, -0.05) is 60.7 Å². The van der Waals surface area contributed by atoms with Crippen LogP contribution in [0, 0.1) is 0 Å². The minimum atomic E-state index is -1.26. The van der Waals surface area contributed by atoms with Crippen LogP contribution in [-0.4, -0.2) is 19.5 Å². The van der Waals surface area contributed by atoms with Gasteiger partial charge in [-0.25, -0.2) is 0 Å². The molecule has 7 nitrogen and oxygen atoms in total. The third kappa shape index (κ3) is 3.77. The summed E-state index contributed by atoms with van der Waals surface area (Å²) in [6.45, 7) is 0.336. The highest BCUT2D eigenvalue weighted by molar-refractivity contribution is 6.04. The number of nitrogens with one attached hydrogen (secondary N) is 2. The molecule has 174 valence electrons. The zero-order valence-corrected chi connectivity index (χ0v) is 18.7. The normalized spacial score (nSPS) is 13.4. The van der Waals surface area contributed by atoms with E-state index in [1.165, 1.54) is 0 Å². The molecule has 0 saturated carbocycles. The number of rotatable bonds is 6. The fraction of sp³-hybridized carbons (Fsp3) is 0.107. The second-order valence-corrected chi connectivity index (χ2v) is 8.20. The summed E-state index contributed by atoms with van der Waals surface area (Å²) in [4.78, 5) is 14.3. The van der Waals surface area contributed by atoms with E-state index in [0.717, 1.165) is 11.1 Å². The van der Waals surface area contributed by atoms with Crippen LogP contribution in [0.2, 0.25) is 0 Å². The van der Waals surface area contributed by atoms with E-state index in [1.807, 2.05) is 78.9 Å². The number of hydrogen-bond donors (Lipinski definition) is 2. The van der Waals surface area contributed by atoms with Gasteiger partial charge in [-0.15, -0.1) is 0 Å². The second-order valence-electron chi connectivity index (χ2n) is 8.20. The van der Waals surface area contributed by atoms with E-state index in [-0.39, 0.29) is 19.5 Å². The van der Waals surface area contributed by atoms with Crippen molar-refractivity contribution < 1.29 is 23.7 Å². The first-order valence-electron chi connectivity index (χ1n) is 11.2. The Bertz CT molecular complexity index is 1340. The van der Waals surface area contributed by atoms with Crippen molar-refractivity contribution in [1.29, 1.82) is 0 Å². The largest absolute Gasteiger partial charge is 0.454 e. The van der Waals surface area contributed by atoms with Crippen molar-refractivity contribution in [2.45, 2.75) is 5.54 Å². The van der Waals surface area contributed by atoms with E-state index in [4.69, 9.17) is 18.9 Å². The smallest absolute Gasteiger partial charge is 0.259 e. The summed E-state index contributed by atoms with van der Waals surface area (Å²) in [5, 5.41) is 6.61. The van der Waals surface area contributed by atoms with Crippen molar-refractivity contribution in [2.24, 2.45) is 0 Å². The summed E-state index contributed by atoms with van der Waals surface area (Å²) >= 11 is 0. The molecule has 1 amide bonds. The maximum absolute atomic E-state index is 14.3. The van der Waals surface area contributed by atoms with E-state index in [2.05, 4.69) is 10.6 Å². The lowest BCUT2D eigenvalue weighted by Crippen LogP contribution is -2.48. The summed E-state index contributed by atoms with van der Waals surface area (Å²) in [6, 6.07) is 30.2. The predicted molar refractivity (Wildman–Crippen MR) is 131 cm³/mol. The Morgan fingerprint density at radius 3 is 1.66 bits per heavy atom. The van der Waals surface area contributed by atoms with Crippen LogP contribution in [0.4, 0.5) is 11.4 Å². The molecule has 0 bridgehead atoms. The lowest BCUT2D eigenvalue weighted by Gasteiger charge is -2.35. The number of carbonyl (C=O) groups is 1. The highest BCUT2D eigenvalue weighted by atomic mass is 16.7. The van der Waals surface area contributed by atoms with Crippen LogP contribution in [-0.2, 0) is 10.3 Å². The SMILES string of the molecule is O=C(Nc1ccc2c(c1)OCO2)C(Nc1ccc2c(c1)OCO2)(c1ccccc1)c1ccccc1. The molecular formula is C28H22N2O5. The first-order valence-corrected chi connectivity index (χ1v) is 11.2. The van der Waals surface area contributed by atoms with Crippen molar-refractivity contribution in [3.05, 3.63) is 108 Å². The topological polar surface area (TPSA) is 78.1 Å². The Labute approximate surface area is 202 Å². The van der Waals surface area contributed by atoms with Gasteiger partial charge in [-0.2, -0.15) is 0 Å². The van der Waals surface area contributed by atoms with Crippen LogP contribution in [0.5, 0.6) is 23.0 Å². The van der Waals surface area contributed by atoms with Gasteiger partial charge >= 0.3 is 0 Å². The van der Waals surface area contributed by atoms with Crippen LogP contribution in [0.1, 0.15) is 11.1 Å². The minimum absolute atomic E-state index is 0.163.